The molecule has 1 aliphatic carbocycles. The molecule has 20 heavy (non-hydrogen) atoms. The van der Waals surface area contributed by atoms with Crippen molar-refractivity contribution in [1.82, 2.24) is 10.0 Å². The number of rotatable bonds is 9. The van der Waals surface area contributed by atoms with Crippen LogP contribution in [-0.4, -0.2) is 21.0 Å². The molecule has 1 aliphatic rings. The Morgan fingerprint density at radius 2 is 2.10 bits per heavy atom. The minimum atomic E-state index is -3.50. The van der Waals surface area contributed by atoms with Crippen LogP contribution in [0.2, 0.25) is 0 Å². The summed E-state index contributed by atoms with van der Waals surface area (Å²) in [6.07, 6.45) is 4.62. The standard InChI is InChI=1S/C14H24N2O3S/c1-11(2)15-10-13-7-8-14(19-13)20(17,18)16-9-3-4-12-5-6-12/h7-8,11-12,15-16H,3-6,9-10H2,1-2H3. The molecule has 0 saturated heterocycles. The van der Waals surface area contributed by atoms with Gasteiger partial charge in [0.2, 0.25) is 5.09 Å². The number of furan rings is 1. The molecule has 1 heterocycles. The first-order valence-electron chi connectivity index (χ1n) is 7.29. The van der Waals surface area contributed by atoms with Crippen LogP contribution < -0.4 is 10.0 Å². The summed E-state index contributed by atoms with van der Waals surface area (Å²) < 4.78 is 32.0. The second-order valence-corrected chi connectivity index (χ2v) is 7.44. The number of sulfonamides is 1. The summed E-state index contributed by atoms with van der Waals surface area (Å²) in [5.74, 6) is 1.47. The fourth-order valence-electron chi connectivity index (χ4n) is 1.98. The van der Waals surface area contributed by atoms with Crippen molar-refractivity contribution in [1.29, 1.82) is 0 Å². The summed E-state index contributed by atoms with van der Waals surface area (Å²) in [6, 6.07) is 3.55. The number of hydrogen-bond donors (Lipinski definition) is 2. The van der Waals surface area contributed by atoms with Crippen molar-refractivity contribution in [2.45, 2.75) is 57.2 Å². The van der Waals surface area contributed by atoms with Crippen molar-refractivity contribution >= 4 is 10.0 Å². The van der Waals surface area contributed by atoms with E-state index in [1.54, 1.807) is 6.07 Å². The van der Waals surface area contributed by atoms with E-state index in [4.69, 9.17) is 4.42 Å². The molecule has 0 radical (unpaired) electrons. The van der Waals surface area contributed by atoms with E-state index < -0.39 is 10.0 Å². The van der Waals surface area contributed by atoms with Gasteiger partial charge in [-0.25, -0.2) is 13.1 Å². The van der Waals surface area contributed by atoms with E-state index in [0.29, 0.717) is 24.9 Å². The monoisotopic (exact) mass is 300 g/mol. The van der Waals surface area contributed by atoms with Crippen LogP contribution in [0.25, 0.3) is 0 Å². The lowest BCUT2D eigenvalue weighted by Crippen LogP contribution is -2.24. The van der Waals surface area contributed by atoms with Crippen LogP contribution in [-0.2, 0) is 16.6 Å². The Morgan fingerprint density at radius 1 is 1.35 bits per heavy atom. The van der Waals surface area contributed by atoms with Crippen LogP contribution in [0.1, 0.15) is 45.3 Å². The lowest BCUT2D eigenvalue weighted by atomic mass is 10.2. The maximum atomic E-state index is 12.0. The van der Waals surface area contributed by atoms with Crippen LogP contribution in [0.3, 0.4) is 0 Å². The normalized spacial score (nSPS) is 15.9. The Morgan fingerprint density at radius 3 is 2.75 bits per heavy atom. The molecule has 2 N–H and O–H groups in total. The molecular formula is C14H24N2O3S. The maximum absolute atomic E-state index is 12.0. The zero-order valence-electron chi connectivity index (χ0n) is 12.2. The van der Waals surface area contributed by atoms with Gasteiger partial charge in [0.05, 0.1) is 6.54 Å². The summed E-state index contributed by atoms with van der Waals surface area (Å²) >= 11 is 0. The minimum absolute atomic E-state index is 0.00415. The van der Waals surface area contributed by atoms with Gasteiger partial charge in [-0.1, -0.05) is 26.7 Å². The molecule has 1 saturated carbocycles. The summed E-state index contributed by atoms with van der Waals surface area (Å²) in [5, 5.41) is 3.19. The summed E-state index contributed by atoms with van der Waals surface area (Å²) in [7, 11) is -3.50. The summed E-state index contributed by atoms with van der Waals surface area (Å²) in [6.45, 7) is 5.08. The van der Waals surface area contributed by atoms with Gasteiger partial charge in [0.1, 0.15) is 5.76 Å². The predicted octanol–water partition coefficient (Wildman–Crippen LogP) is 2.25. The molecule has 6 heteroatoms. The minimum Gasteiger partial charge on any atom is -0.447 e. The van der Waals surface area contributed by atoms with Gasteiger partial charge in [-0.05, 0) is 30.9 Å². The van der Waals surface area contributed by atoms with Crippen molar-refractivity contribution in [2.75, 3.05) is 6.54 Å². The Hall–Kier alpha value is -0.850. The first kappa shape index (κ1) is 15.5. The molecule has 0 atom stereocenters. The molecule has 0 bridgehead atoms. The van der Waals surface area contributed by atoms with Gasteiger partial charge in [0.15, 0.2) is 0 Å². The van der Waals surface area contributed by atoms with E-state index in [-0.39, 0.29) is 5.09 Å². The van der Waals surface area contributed by atoms with Crippen LogP contribution in [0.4, 0.5) is 0 Å². The van der Waals surface area contributed by atoms with E-state index in [0.717, 1.165) is 18.8 Å². The van der Waals surface area contributed by atoms with Crippen molar-refractivity contribution in [3.05, 3.63) is 17.9 Å². The maximum Gasteiger partial charge on any atom is 0.273 e. The Bertz CT molecular complexity index is 518. The molecule has 1 aromatic heterocycles. The third-order valence-corrected chi connectivity index (χ3v) is 4.70. The highest BCUT2D eigenvalue weighted by Gasteiger charge is 2.22. The second kappa shape index (κ2) is 6.74. The van der Waals surface area contributed by atoms with Gasteiger partial charge in [0.25, 0.3) is 10.0 Å². The van der Waals surface area contributed by atoms with Crippen LogP contribution >= 0.6 is 0 Å². The van der Waals surface area contributed by atoms with Crippen molar-refractivity contribution < 1.29 is 12.8 Å². The highest BCUT2D eigenvalue weighted by molar-refractivity contribution is 7.89. The molecule has 1 aromatic rings. The Kier molecular flexibility index (Phi) is 5.23. The molecule has 0 unspecified atom stereocenters. The average molecular weight is 300 g/mol. The third-order valence-electron chi connectivity index (χ3n) is 3.36. The van der Waals surface area contributed by atoms with Crippen LogP contribution in [0.5, 0.6) is 0 Å². The van der Waals surface area contributed by atoms with Gasteiger partial charge in [-0.3, -0.25) is 0 Å². The fourth-order valence-corrected chi connectivity index (χ4v) is 3.00. The van der Waals surface area contributed by atoms with Crippen LogP contribution in [0, 0.1) is 5.92 Å². The molecule has 114 valence electrons. The number of hydrogen-bond acceptors (Lipinski definition) is 4. The smallest absolute Gasteiger partial charge is 0.273 e. The zero-order chi connectivity index (χ0) is 14.6. The van der Waals surface area contributed by atoms with Crippen molar-refractivity contribution in [2.24, 2.45) is 5.92 Å². The van der Waals surface area contributed by atoms with E-state index in [1.807, 2.05) is 13.8 Å². The molecule has 0 amide bonds. The molecule has 5 nitrogen and oxygen atoms in total. The lowest BCUT2D eigenvalue weighted by Gasteiger charge is -2.06. The predicted molar refractivity (Wildman–Crippen MR) is 77.8 cm³/mol. The first-order valence-corrected chi connectivity index (χ1v) is 8.77. The topological polar surface area (TPSA) is 71.3 Å². The zero-order valence-corrected chi connectivity index (χ0v) is 13.0. The SMILES string of the molecule is CC(C)NCc1ccc(S(=O)(=O)NCCCC2CC2)o1. The highest BCUT2D eigenvalue weighted by Crippen LogP contribution is 2.33. The summed E-state index contributed by atoms with van der Waals surface area (Å²) in [5.41, 5.74) is 0. The van der Waals surface area contributed by atoms with Gasteiger partial charge in [-0.2, -0.15) is 0 Å². The molecule has 1 fully saturated rings. The Labute approximate surface area is 121 Å². The second-order valence-electron chi connectivity index (χ2n) is 5.74. The van der Waals surface area contributed by atoms with Crippen molar-refractivity contribution in [3.63, 3.8) is 0 Å². The van der Waals surface area contributed by atoms with Crippen molar-refractivity contribution in [3.8, 4) is 0 Å². The van der Waals surface area contributed by atoms with E-state index in [2.05, 4.69) is 10.0 Å². The quantitative estimate of drug-likeness (QED) is 0.686. The lowest BCUT2D eigenvalue weighted by molar-refractivity contribution is 0.393. The van der Waals surface area contributed by atoms with E-state index in [9.17, 15) is 8.42 Å². The Balaban J connectivity index is 1.81. The van der Waals surface area contributed by atoms with Gasteiger partial charge >= 0.3 is 0 Å². The molecular weight excluding hydrogens is 276 g/mol. The van der Waals surface area contributed by atoms with Gasteiger partial charge in [-0.15, -0.1) is 0 Å². The molecule has 0 aliphatic heterocycles. The largest absolute Gasteiger partial charge is 0.447 e. The first-order chi connectivity index (χ1) is 9.47. The molecule has 0 spiro atoms. The molecule has 2 rings (SSSR count). The third kappa shape index (κ3) is 4.92. The highest BCUT2D eigenvalue weighted by atomic mass is 32.2. The molecule has 0 aromatic carbocycles. The van der Waals surface area contributed by atoms with E-state index in [1.165, 1.54) is 18.9 Å². The van der Waals surface area contributed by atoms with Gasteiger partial charge in [0, 0.05) is 12.6 Å². The van der Waals surface area contributed by atoms with E-state index >= 15 is 0 Å². The van der Waals surface area contributed by atoms with Crippen LogP contribution in [0.15, 0.2) is 21.6 Å². The fraction of sp³-hybridized carbons (Fsp3) is 0.714. The summed E-state index contributed by atoms with van der Waals surface area (Å²) in [4.78, 5) is 0. The van der Waals surface area contributed by atoms with Gasteiger partial charge < -0.3 is 9.73 Å². The number of nitrogens with one attached hydrogen (secondary N) is 2. The average Bonchev–Trinajstić information content (AvgIpc) is 3.07.